The molecule has 0 amide bonds. The first-order valence-corrected chi connectivity index (χ1v) is 7.27. The maximum Gasteiger partial charge on any atom is 0.317 e. The smallest absolute Gasteiger partial charge is 0.317 e. The lowest BCUT2D eigenvalue weighted by Crippen LogP contribution is -2.35. The molecule has 4 nitrogen and oxygen atoms in total. The van der Waals surface area contributed by atoms with Crippen LogP contribution in [0.4, 0.5) is 0 Å². The summed E-state index contributed by atoms with van der Waals surface area (Å²) in [6.45, 7) is 6.29. The van der Waals surface area contributed by atoms with Crippen LogP contribution in [0.1, 0.15) is 25.1 Å². The largest absolute Gasteiger partial charge is 0.480 e. The topological polar surface area (TPSA) is 53.4 Å². The highest BCUT2D eigenvalue weighted by molar-refractivity contribution is 6.32. The molecule has 1 heterocycles. The molecule has 0 saturated heterocycles. The number of hydrogen-bond acceptors (Lipinski definition) is 3. The van der Waals surface area contributed by atoms with E-state index < -0.39 is 5.97 Å². The number of para-hydroxylation sites is 1. The molecule has 0 spiro atoms. The third-order valence-electron chi connectivity index (χ3n) is 3.57. The van der Waals surface area contributed by atoms with Crippen molar-refractivity contribution in [3.63, 3.8) is 0 Å². The van der Waals surface area contributed by atoms with Gasteiger partial charge < -0.3 is 5.11 Å². The predicted molar refractivity (Wildman–Crippen MR) is 84.7 cm³/mol. The van der Waals surface area contributed by atoms with E-state index in [1.807, 2.05) is 49.9 Å². The van der Waals surface area contributed by atoms with Gasteiger partial charge >= 0.3 is 5.97 Å². The first-order valence-electron chi connectivity index (χ1n) is 6.89. The Bertz CT molecular complexity index is 671. The van der Waals surface area contributed by atoms with Gasteiger partial charge in [0.1, 0.15) is 0 Å². The van der Waals surface area contributed by atoms with Gasteiger partial charge in [-0.3, -0.25) is 9.69 Å². The Labute approximate surface area is 129 Å². The molecule has 1 N–H and O–H groups in total. The minimum atomic E-state index is -0.850. The Morgan fingerprint density at radius 2 is 2.05 bits per heavy atom. The summed E-state index contributed by atoms with van der Waals surface area (Å²) in [6.07, 6.45) is 0. The van der Waals surface area contributed by atoms with Gasteiger partial charge in [0.25, 0.3) is 0 Å². The average Bonchev–Trinajstić information content (AvgIpc) is 2.43. The third kappa shape index (κ3) is 3.52. The van der Waals surface area contributed by atoms with Crippen LogP contribution in [0, 0.1) is 6.92 Å². The molecule has 5 heteroatoms. The summed E-state index contributed by atoms with van der Waals surface area (Å²) in [7, 11) is 0. The molecule has 2 aromatic rings. The molecule has 1 aromatic carbocycles. The van der Waals surface area contributed by atoms with Crippen molar-refractivity contribution in [1.82, 2.24) is 9.88 Å². The molecule has 2 rings (SSSR count). The molecule has 0 bridgehead atoms. The second kappa shape index (κ2) is 6.41. The standard InChI is InChI=1S/C16H19ClN2O2/c1-10(2)19(9-15(20)21)8-14-16(17)11(3)12-6-4-5-7-13(12)18-14/h4-7,10H,8-9H2,1-3H3,(H,20,21). The zero-order chi connectivity index (χ0) is 15.6. The number of aromatic nitrogens is 1. The molecule has 1 aromatic heterocycles. The zero-order valence-corrected chi connectivity index (χ0v) is 13.2. The Balaban J connectivity index is 2.41. The fourth-order valence-electron chi connectivity index (χ4n) is 2.31. The Kier molecular flexibility index (Phi) is 4.80. The number of halogens is 1. The molecule has 0 fully saturated rings. The van der Waals surface area contributed by atoms with Gasteiger partial charge in [0.15, 0.2) is 0 Å². The maximum absolute atomic E-state index is 11.0. The molecule has 0 aliphatic heterocycles. The highest BCUT2D eigenvalue weighted by Crippen LogP contribution is 2.27. The van der Waals surface area contributed by atoms with Gasteiger partial charge in [-0.05, 0) is 32.4 Å². The number of pyridine rings is 1. The molecular formula is C16H19ClN2O2. The Morgan fingerprint density at radius 1 is 1.38 bits per heavy atom. The van der Waals surface area contributed by atoms with E-state index in [1.54, 1.807) is 0 Å². The van der Waals surface area contributed by atoms with Crippen molar-refractivity contribution in [2.45, 2.75) is 33.4 Å². The number of benzene rings is 1. The van der Waals surface area contributed by atoms with Gasteiger partial charge in [0.2, 0.25) is 0 Å². The van der Waals surface area contributed by atoms with Crippen LogP contribution in [0.25, 0.3) is 10.9 Å². The van der Waals surface area contributed by atoms with E-state index >= 15 is 0 Å². The molecular weight excluding hydrogens is 288 g/mol. The normalized spacial score (nSPS) is 11.5. The van der Waals surface area contributed by atoms with Crippen molar-refractivity contribution in [1.29, 1.82) is 0 Å². The van der Waals surface area contributed by atoms with E-state index in [0.29, 0.717) is 11.6 Å². The van der Waals surface area contributed by atoms with Gasteiger partial charge in [-0.25, -0.2) is 4.98 Å². The highest BCUT2D eigenvalue weighted by Gasteiger charge is 2.18. The number of nitrogens with zero attached hydrogens (tertiary/aromatic N) is 2. The molecule has 0 aliphatic carbocycles. The first-order chi connectivity index (χ1) is 9.90. The van der Waals surface area contributed by atoms with Crippen molar-refractivity contribution in [2.75, 3.05) is 6.54 Å². The Morgan fingerprint density at radius 3 is 2.67 bits per heavy atom. The van der Waals surface area contributed by atoms with E-state index in [0.717, 1.165) is 22.2 Å². The van der Waals surface area contributed by atoms with Gasteiger partial charge in [-0.2, -0.15) is 0 Å². The van der Waals surface area contributed by atoms with E-state index in [-0.39, 0.29) is 12.6 Å². The summed E-state index contributed by atoms with van der Waals surface area (Å²) >= 11 is 6.42. The van der Waals surface area contributed by atoms with Crippen LogP contribution in [0.2, 0.25) is 5.02 Å². The maximum atomic E-state index is 11.0. The quantitative estimate of drug-likeness (QED) is 0.918. The molecule has 21 heavy (non-hydrogen) atoms. The van der Waals surface area contributed by atoms with Crippen molar-refractivity contribution < 1.29 is 9.90 Å². The summed E-state index contributed by atoms with van der Waals surface area (Å²) in [4.78, 5) is 17.4. The first kappa shape index (κ1) is 15.7. The van der Waals surface area contributed by atoms with Crippen LogP contribution in [0.15, 0.2) is 24.3 Å². The second-order valence-electron chi connectivity index (χ2n) is 5.41. The Hall–Kier alpha value is -1.65. The van der Waals surface area contributed by atoms with Crippen molar-refractivity contribution >= 4 is 28.5 Å². The molecule has 0 atom stereocenters. The molecule has 0 aliphatic rings. The molecule has 0 saturated carbocycles. The number of aryl methyl sites for hydroxylation is 1. The summed E-state index contributed by atoms with van der Waals surface area (Å²) in [6, 6.07) is 7.93. The monoisotopic (exact) mass is 306 g/mol. The number of aliphatic carboxylic acids is 1. The fourth-order valence-corrected chi connectivity index (χ4v) is 2.51. The fraction of sp³-hybridized carbons (Fsp3) is 0.375. The number of hydrogen-bond donors (Lipinski definition) is 1. The van der Waals surface area contributed by atoms with Crippen LogP contribution in [0.5, 0.6) is 0 Å². The van der Waals surface area contributed by atoms with Crippen LogP contribution in [-0.2, 0) is 11.3 Å². The molecule has 112 valence electrons. The second-order valence-corrected chi connectivity index (χ2v) is 5.79. The number of carbonyl (C=O) groups is 1. The van der Waals surface area contributed by atoms with Crippen molar-refractivity contribution in [2.24, 2.45) is 0 Å². The highest BCUT2D eigenvalue weighted by atomic mass is 35.5. The lowest BCUT2D eigenvalue weighted by Gasteiger charge is -2.25. The van der Waals surface area contributed by atoms with E-state index in [4.69, 9.17) is 16.7 Å². The average molecular weight is 307 g/mol. The lowest BCUT2D eigenvalue weighted by molar-refractivity contribution is -0.138. The van der Waals surface area contributed by atoms with Crippen LogP contribution in [0.3, 0.4) is 0 Å². The number of fused-ring (bicyclic) bond motifs is 1. The predicted octanol–water partition coefficient (Wildman–Crippen LogP) is 3.49. The molecule has 0 radical (unpaired) electrons. The summed E-state index contributed by atoms with van der Waals surface area (Å²) in [5.41, 5.74) is 2.59. The third-order valence-corrected chi connectivity index (χ3v) is 4.07. The molecule has 0 unspecified atom stereocenters. The van der Waals surface area contributed by atoms with Crippen LogP contribution in [-0.4, -0.2) is 33.5 Å². The lowest BCUT2D eigenvalue weighted by atomic mass is 10.1. The van der Waals surface area contributed by atoms with E-state index in [1.165, 1.54) is 0 Å². The van der Waals surface area contributed by atoms with Crippen molar-refractivity contribution in [3.05, 3.63) is 40.5 Å². The van der Waals surface area contributed by atoms with Crippen molar-refractivity contribution in [3.8, 4) is 0 Å². The van der Waals surface area contributed by atoms with Crippen LogP contribution < -0.4 is 0 Å². The minimum Gasteiger partial charge on any atom is -0.480 e. The SMILES string of the molecule is Cc1c(Cl)c(CN(CC(=O)O)C(C)C)nc2ccccc12. The van der Waals surface area contributed by atoms with Gasteiger partial charge in [-0.15, -0.1) is 0 Å². The number of carboxylic acids is 1. The van der Waals surface area contributed by atoms with Crippen LogP contribution >= 0.6 is 11.6 Å². The summed E-state index contributed by atoms with van der Waals surface area (Å²) < 4.78 is 0. The number of rotatable bonds is 5. The van der Waals surface area contributed by atoms with E-state index in [9.17, 15) is 4.79 Å². The zero-order valence-electron chi connectivity index (χ0n) is 12.4. The van der Waals surface area contributed by atoms with E-state index in [2.05, 4.69) is 4.98 Å². The van der Waals surface area contributed by atoms with Gasteiger partial charge in [0.05, 0.1) is 22.8 Å². The number of carboxylic acid groups (broad SMARTS) is 1. The van der Waals surface area contributed by atoms with Gasteiger partial charge in [-0.1, -0.05) is 29.8 Å². The summed E-state index contributed by atoms with van der Waals surface area (Å²) in [5, 5.41) is 10.7. The minimum absolute atomic E-state index is 0.0262. The van der Waals surface area contributed by atoms with Gasteiger partial charge in [0, 0.05) is 18.0 Å². The summed E-state index contributed by atoms with van der Waals surface area (Å²) in [5.74, 6) is -0.850.